The Hall–Kier alpha value is -0.590. The number of hydrogen-bond donors (Lipinski definition) is 2. The highest BCUT2D eigenvalue weighted by atomic mass is 16.3. The van der Waals surface area contributed by atoms with Crippen LogP contribution in [0.2, 0.25) is 0 Å². The van der Waals surface area contributed by atoms with Gasteiger partial charge in [-0.15, -0.1) is 0 Å². The van der Waals surface area contributed by atoms with Gasteiger partial charge < -0.3 is 10.2 Å². The van der Waals surface area contributed by atoms with Gasteiger partial charge in [-0.3, -0.25) is 0 Å². The summed E-state index contributed by atoms with van der Waals surface area (Å²) in [5.74, 6) is 0. The Morgan fingerprint density at radius 3 is 2.62 bits per heavy atom. The van der Waals surface area contributed by atoms with Gasteiger partial charge in [0.2, 0.25) is 0 Å². The lowest BCUT2D eigenvalue weighted by atomic mass is 10.2. The molecule has 0 aromatic heterocycles. The van der Waals surface area contributed by atoms with Crippen molar-refractivity contribution in [1.82, 2.24) is 0 Å². The van der Waals surface area contributed by atoms with E-state index in [0.717, 1.165) is 0 Å². The average molecular weight is 115 g/mol. The Morgan fingerprint density at radius 1 is 1.62 bits per heavy atom. The largest absolute Gasteiger partial charge is 0.396 e. The van der Waals surface area contributed by atoms with Crippen LogP contribution in [0, 0.1) is 11.3 Å². The molecule has 3 heteroatoms. The van der Waals surface area contributed by atoms with Crippen LogP contribution >= 0.6 is 0 Å². The van der Waals surface area contributed by atoms with Crippen molar-refractivity contribution in [3.8, 4) is 6.07 Å². The summed E-state index contributed by atoms with van der Waals surface area (Å²) in [6.07, 6.45) is -0.237. The number of rotatable bonds is 3. The summed E-state index contributed by atoms with van der Waals surface area (Å²) in [6.45, 7) is -0.0527. The van der Waals surface area contributed by atoms with Crippen LogP contribution in [0.4, 0.5) is 0 Å². The van der Waals surface area contributed by atoms with Crippen LogP contribution in [0.1, 0.15) is 12.8 Å². The zero-order valence-corrected chi connectivity index (χ0v) is 4.54. The van der Waals surface area contributed by atoms with Crippen LogP contribution in [0.3, 0.4) is 0 Å². The molecule has 0 rings (SSSR count). The van der Waals surface area contributed by atoms with Gasteiger partial charge in [0.25, 0.3) is 0 Å². The second-order valence-corrected chi connectivity index (χ2v) is 1.53. The van der Waals surface area contributed by atoms with E-state index in [0.29, 0.717) is 6.42 Å². The molecule has 0 aromatic carbocycles. The van der Waals surface area contributed by atoms with E-state index in [4.69, 9.17) is 15.5 Å². The maximum absolute atomic E-state index is 8.67. The van der Waals surface area contributed by atoms with Gasteiger partial charge in [-0.1, -0.05) is 0 Å². The third-order valence-electron chi connectivity index (χ3n) is 0.789. The highest BCUT2D eigenvalue weighted by Gasteiger charge is 1.99. The Bertz CT molecular complexity index is 86.9. The fourth-order valence-corrected chi connectivity index (χ4v) is 0.356. The second kappa shape index (κ2) is 4.57. The van der Waals surface area contributed by atoms with Crippen LogP contribution < -0.4 is 0 Å². The van der Waals surface area contributed by atoms with Crippen LogP contribution in [-0.2, 0) is 0 Å². The molecule has 0 amide bonds. The highest BCUT2D eigenvalue weighted by Crippen LogP contribution is 1.93. The molecule has 0 aliphatic rings. The summed E-state index contributed by atoms with van der Waals surface area (Å²) < 4.78 is 0. The van der Waals surface area contributed by atoms with Crippen molar-refractivity contribution in [1.29, 1.82) is 5.26 Å². The molecular formula is C5H9NO2. The molecule has 0 spiro atoms. The lowest BCUT2D eigenvalue weighted by Gasteiger charge is -1.99. The van der Waals surface area contributed by atoms with Gasteiger partial charge in [-0.25, -0.2) is 0 Å². The summed E-state index contributed by atoms with van der Waals surface area (Å²) >= 11 is 0. The fraction of sp³-hybridized carbons (Fsp3) is 0.800. The van der Waals surface area contributed by atoms with E-state index in [2.05, 4.69) is 0 Å². The molecule has 1 atom stereocenters. The predicted molar refractivity (Wildman–Crippen MR) is 27.9 cm³/mol. The summed E-state index contributed by atoms with van der Waals surface area (Å²) in [4.78, 5) is 0. The minimum absolute atomic E-state index is 0.0527. The minimum Gasteiger partial charge on any atom is -0.396 e. The molecule has 8 heavy (non-hydrogen) atoms. The molecule has 0 aliphatic heterocycles. The molecule has 0 bridgehead atoms. The molecule has 0 fully saturated rings. The van der Waals surface area contributed by atoms with Crippen molar-refractivity contribution < 1.29 is 10.2 Å². The van der Waals surface area contributed by atoms with Crippen molar-refractivity contribution in [2.45, 2.75) is 18.9 Å². The van der Waals surface area contributed by atoms with Crippen molar-refractivity contribution in [3.05, 3.63) is 0 Å². The van der Waals surface area contributed by atoms with Crippen molar-refractivity contribution >= 4 is 0 Å². The standard InChI is InChI=1S/C5H9NO2/c6-3-1-5(8)2-4-7/h5,7-8H,1-2,4H2/t5-/m0/s1. The molecule has 0 heterocycles. The quantitative estimate of drug-likeness (QED) is 0.528. The lowest BCUT2D eigenvalue weighted by Crippen LogP contribution is -2.06. The van der Waals surface area contributed by atoms with Crippen molar-refractivity contribution in [3.63, 3.8) is 0 Å². The Labute approximate surface area is 48.2 Å². The van der Waals surface area contributed by atoms with E-state index in [1.807, 2.05) is 0 Å². The Morgan fingerprint density at radius 2 is 2.25 bits per heavy atom. The van der Waals surface area contributed by atoms with Gasteiger partial charge in [-0.05, 0) is 6.42 Å². The molecule has 3 nitrogen and oxygen atoms in total. The van der Waals surface area contributed by atoms with E-state index in [1.165, 1.54) is 0 Å². The van der Waals surface area contributed by atoms with E-state index in [-0.39, 0.29) is 13.0 Å². The van der Waals surface area contributed by atoms with Crippen LogP contribution in [0.5, 0.6) is 0 Å². The first-order valence-corrected chi connectivity index (χ1v) is 2.47. The summed E-state index contributed by atoms with van der Waals surface area (Å²) in [5.41, 5.74) is 0. The van der Waals surface area contributed by atoms with E-state index in [9.17, 15) is 0 Å². The molecule has 0 saturated heterocycles. The third kappa shape index (κ3) is 3.59. The molecular weight excluding hydrogens is 106 g/mol. The van der Waals surface area contributed by atoms with Crippen molar-refractivity contribution in [2.24, 2.45) is 0 Å². The SMILES string of the molecule is N#CC[C@H](O)CCO. The first-order chi connectivity index (χ1) is 3.81. The smallest absolute Gasteiger partial charge is 0.0691 e. The normalized spacial score (nSPS) is 12.6. The molecule has 46 valence electrons. The highest BCUT2D eigenvalue weighted by molar-refractivity contribution is 4.74. The van der Waals surface area contributed by atoms with Gasteiger partial charge in [0, 0.05) is 6.61 Å². The van der Waals surface area contributed by atoms with Gasteiger partial charge in [-0.2, -0.15) is 5.26 Å². The number of aliphatic hydroxyl groups excluding tert-OH is 2. The average Bonchev–Trinajstić information content (AvgIpc) is 1.68. The summed E-state index contributed by atoms with van der Waals surface area (Å²) in [6, 6.07) is 1.79. The Kier molecular flexibility index (Phi) is 4.23. The molecule has 0 radical (unpaired) electrons. The van der Waals surface area contributed by atoms with E-state index in [1.54, 1.807) is 6.07 Å². The van der Waals surface area contributed by atoms with E-state index >= 15 is 0 Å². The first kappa shape index (κ1) is 7.41. The fourth-order valence-electron chi connectivity index (χ4n) is 0.356. The van der Waals surface area contributed by atoms with E-state index < -0.39 is 6.10 Å². The zero-order valence-electron chi connectivity index (χ0n) is 4.54. The van der Waals surface area contributed by atoms with Crippen LogP contribution in [0.25, 0.3) is 0 Å². The number of aliphatic hydroxyl groups is 2. The monoisotopic (exact) mass is 115 g/mol. The first-order valence-electron chi connectivity index (χ1n) is 2.47. The zero-order chi connectivity index (χ0) is 6.41. The van der Waals surface area contributed by atoms with Gasteiger partial charge in [0.05, 0.1) is 18.6 Å². The number of nitrogens with zero attached hydrogens (tertiary/aromatic N) is 1. The molecule has 0 aromatic rings. The molecule has 0 saturated carbocycles. The van der Waals surface area contributed by atoms with Gasteiger partial charge >= 0.3 is 0 Å². The lowest BCUT2D eigenvalue weighted by molar-refractivity contribution is 0.137. The second-order valence-electron chi connectivity index (χ2n) is 1.53. The number of hydrogen-bond acceptors (Lipinski definition) is 3. The molecule has 0 unspecified atom stereocenters. The van der Waals surface area contributed by atoms with Gasteiger partial charge in [0.15, 0.2) is 0 Å². The summed E-state index contributed by atoms with van der Waals surface area (Å²) in [5, 5.41) is 24.8. The Balaban J connectivity index is 3.08. The topological polar surface area (TPSA) is 64.2 Å². The molecule has 2 N–H and O–H groups in total. The number of nitriles is 1. The maximum atomic E-state index is 8.67. The van der Waals surface area contributed by atoms with Crippen LogP contribution in [-0.4, -0.2) is 22.9 Å². The van der Waals surface area contributed by atoms with Crippen LogP contribution in [0.15, 0.2) is 0 Å². The summed E-state index contributed by atoms with van der Waals surface area (Å²) in [7, 11) is 0. The van der Waals surface area contributed by atoms with Crippen molar-refractivity contribution in [2.75, 3.05) is 6.61 Å². The van der Waals surface area contributed by atoms with Gasteiger partial charge in [0.1, 0.15) is 0 Å². The molecule has 0 aliphatic carbocycles. The maximum Gasteiger partial charge on any atom is 0.0691 e. The third-order valence-corrected chi connectivity index (χ3v) is 0.789. The minimum atomic E-state index is -0.648. The predicted octanol–water partition coefficient (Wildman–Crippen LogP) is -0.357.